The fourth-order valence-electron chi connectivity index (χ4n) is 1.33. The molecule has 0 radical (unpaired) electrons. The number of halogens is 1. The Labute approximate surface area is 121 Å². The van der Waals surface area contributed by atoms with Crippen LogP contribution in [-0.4, -0.2) is 16.6 Å². The van der Waals surface area contributed by atoms with Gasteiger partial charge in [0.1, 0.15) is 5.60 Å². The molecule has 1 rings (SSSR count). The minimum absolute atomic E-state index is 0.0662. The zero-order valence-corrected chi connectivity index (χ0v) is 12.2. The highest BCUT2D eigenvalue weighted by atomic mass is 35.5. The predicted molar refractivity (Wildman–Crippen MR) is 74.3 cm³/mol. The van der Waals surface area contributed by atoms with E-state index in [4.69, 9.17) is 16.3 Å². The second-order valence-corrected chi connectivity index (χ2v) is 5.42. The molecule has 0 atom stereocenters. The Kier molecular flexibility index (Phi) is 5.29. The highest BCUT2D eigenvalue weighted by molar-refractivity contribution is 6.31. The topological polar surface area (TPSA) is 93.5 Å². The molecule has 0 aliphatic heterocycles. The molecule has 0 heterocycles. The number of nitrogens with one attached hydrogen (secondary N) is 2. The number of rotatable bonds is 4. The fraction of sp³-hybridized carbons (Fsp3) is 0.417. The third-order valence-corrected chi connectivity index (χ3v) is 2.48. The first kappa shape index (κ1) is 16.2. The lowest BCUT2D eigenvalue weighted by Crippen LogP contribution is -2.40. The largest absolute Gasteiger partial charge is 0.443 e. The van der Waals surface area contributed by atoms with Crippen LogP contribution in [0.4, 0.5) is 10.5 Å². The van der Waals surface area contributed by atoms with Gasteiger partial charge >= 0.3 is 6.09 Å². The molecule has 110 valence electrons. The van der Waals surface area contributed by atoms with Gasteiger partial charge in [-0.3, -0.25) is 15.5 Å². The van der Waals surface area contributed by atoms with Gasteiger partial charge in [0.05, 0.1) is 4.92 Å². The molecule has 0 aliphatic rings. The molecule has 0 unspecified atom stereocenters. The van der Waals surface area contributed by atoms with Gasteiger partial charge in [-0.1, -0.05) is 11.6 Å². The second-order valence-electron chi connectivity index (χ2n) is 5.01. The molecule has 0 fully saturated rings. The molecule has 1 amide bonds. The van der Waals surface area contributed by atoms with Crippen LogP contribution in [0.25, 0.3) is 0 Å². The van der Waals surface area contributed by atoms with Gasteiger partial charge in [-0.2, -0.15) is 0 Å². The number of nitro benzene ring substituents is 1. The van der Waals surface area contributed by atoms with E-state index in [-0.39, 0.29) is 12.2 Å². The van der Waals surface area contributed by atoms with Crippen LogP contribution in [0.5, 0.6) is 0 Å². The number of nitro groups is 1. The van der Waals surface area contributed by atoms with E-state index >= 15 is 0 Å². The highest BCUT2D eigenvalue weighted by Gasteiger charge is 2.16. The maximum absolute atomic E-state index is 11.4. The van der Waals surface area contributed by atoms with Crippen LogP contribution in [0.1, 0.15) is 26.3 Å². The number of non-ortho nitro benzene ring substituents is 1. The number of benzene rings is 1. The van der Waals surface area contributed by atoms with Crippen LogP contribution in [-0.2, 0) is 11.3 Å². The molecule has 0 aromatic heterocycles. The van der Waals surface area contributed by atoms with E-state index in [1.165, 1.54) is 18.2 Å². The minimum Gasteiger partial charge on any atom is -0.443 e. The number of nitrogens with zero attached hydrogens (tertiary/aromatic N) is 1. The summed E-state index contributed by atoms with van der Waals surface area (Å²) in [7, 11) is 0. The van der Waals surface area contributed by atoms with Crippen molar-refractivity contribution in [2.45, 2.75) is 32.9 Å². The van der Waals surface area contributed by atoms with Crippen LogP contribution < -0.4 is 10.9 Å². The summed E-state index contributed by atoms with van der Waals surface area (Å²) in [6.45, 7) is 5.36. The minimum atomic E-state index is -0.640. The number of ether oxygens (including phenoxy) is 1. The Hall–Kier alpha value is -1.86. The average Bonchev–Trinajstić information content (AvgIpc) is 2.28. The van der Waals surface area contributed by atoms with Crippen LogP contribution in [0, 0.1) is 10.1 Å². The van der Waals surface area contributed by atoms with Crippen molar-refractivity contribution in [2.75, 3.05) is 0 Å². The van der Waals surface area contributed by atoms with Crippen molar-refractivity contribution < 1.29 is 14.5 Å². The normalized spacial score (nSPS) is 11.0. The van der Waals surface area contributed by atoms with E-state index < -0.39 is 16.6 Å². The van der Waals surface area contributed by atoms with Crippen LogP contribution >= 0.6 is 11.6 Å². The first-order valence-corrected chi connectivity index (χ1v) is 6.21. The van der Waals surface area contributed by atoms with Gasteiger partial charge in [0.15, 0.2) is 0 Å². The Morgan fingerprint density at radius 1 is 1.45 bits per heavy atom. The van der Waals surface area contributed by atoms with Crippen molar-refractivity contribution in [1.29, 1.82) is 0 Å². The number of hydrazine groups is 1. The molecular formula is C12H16ClN3O4. The molecular weight excluding hydrogens is 286 g/mol. The molecule has 0 spiro atoms. The van der Waals surface area contributed by atoms with E-state index in [9.17, 15) is 14.9 Å². The van der Waals surface area contributed by atoms with Crippen molar-refractivity contribution in [3.63, 3.8) is 0 Å². The summed E-state index contributed by atoms with van der Waals surface area (Å²) in [6.07, 6.45) is -0.640. The first-order valence-electron chi connectivity index (χ1n) is 5.84. The Morgan fingerprint density at radius 2 is 2.10 bits per heavy atom. The summed E-state index contributed by atoms with van der Waals surface area (Å²) in [6, 6.07) is 4.09. The summed E-state index contributed by atoms with van der Waals surface area (Å²) in [5.74, 6) is 0. The van der Waals surface area contributed by atoms with Gasteiger partial charge in [-0.05, 0) is 32.4 Å². The smallest absolute Gasteiger partial charge is 0.422 e. The molecule has 0 bridgehead atoms. The monoisotopic (exact) mass is 301 g/mol. The molecule has 0 saturated heterocycles. The molecule has 20 heavy (non-hydrogen) atoms. The maximum atomic E-state index is 11.4. The van der Waals surface area contributed by atoms with Crippen molar-refractivity contribution >= 4 is 23.4 Å². The molecule has 2 N–H and O–H groups in total. The van der Waals surface area contributed by atoms with Crippen molar-refractivity contribution in [3.8, 4) is 0 Å². The number of hydrogen-bond donors (Lipinski definition) is 2. The van der Waals surface area contributed by atoms with Crippen LogP contribution in [0.3, 0.4) is 0 Å². The lowest BCUT2D eigenvalue weighted by molar-refractivity contribution is -0.384. The highest BCUT2D eigenvalue weighted by Crippen LogP contribution is 2.21. The Balaban J connectivity index is 2.56. The van der Waals surface area contributed by atoms with Gasteiger partial charge < -0.3 is 4.74 Å². The third kappa shape index (κ3) is 5.41. The zero-order valence-electron chi connectivity index (χ0n) is 11.4. The SMILES string of the molecule is CC(C)(C)OC(=O)NNCc1cc([N+](=O)[O-])ccc1Cl. The van der Waals surface area contributed by atoms with Gasteiger partial charge in [0, 0.05) is 23.7 Å². The number of carbonyl (C=O) groups excluding carboxylic acids is 1. The van der Waals surface area contributed by atoms with Gasteiger partial charge in [-0.15, -0.1) is 0 Å². The fourth-order valence-corrected chi connectivity index (χ4v) is 1.51. The molecule has 1 aromatic carbocycles. The van der Waals surface area contributed by atoms with E-state index in [2.05, 4.69) is 10.9 Å². The summed E-state index contributed by atoms with van der Waals surface area (Å²) in [4.78, 5) is 21.5. The first-order chi connectivity index (χ1) is 9.19. The third-order valence-electron chi connectivity index (χ3n) is 2.11. The number of carbonyl (C=O) groups is 1. The zero-order chi connectivity index (χ0) is 15.3. The maximum Gasteiger partial charge on any atom is 0.422 e. The summed E-state index contributed by atoms with van der Waals surface area (Å²) >= 11 is 5.92. The lowest BCUT2D eigenvalue weighted by atomic mass is 10.2. The molecule has 8 heteroatoms. The van der Waals surface area contributed by atoms with Crippen LogP contribution in [0.2, 0.25) is 5.02 Å². The van der Waals surface area contributed by atoms with E-state index in [0.717, 1.165) is 0 Å². The van der Waals surface area contributed by atoms with Gasteiger partial charge in [-0.25, -0.2) is 10.2 Å². The molecule has 0 aliphatic carbocycles. The Bertz CT molecular complexity index is 514. The number of hydrogen-bond acceptors (Lipinski definition) is 5. The standard InChI is InChI=1S/C12H16ClN3O4/c1-12(2,3)20-11(17)15-14-7-8-6-9(16(18)19)4-5-10(8)13/h4-6,14H,7H2,1-3H3,(H,15,17). The van der Waals surface area contributed by atoms with Gasteiger partial charge in [0.25, 0.3) is 5.69 Å². The lowest BCUT2D eigenvalue weighted by Gasteiger charge is -2.19. The summed E-state index contributed by atoms with van der Waals surface area (Å²) in [5.41, 5.74) is 4.75. The van der Waals surface area contributed by atoms with Crippen molar-refractivity contribution in [1.82, 2.24) is 10.9 Å². The molecule has 7 nitrogen and oxygen atoms in total. The molecule has 1 aromatic rings. The number of amides is 1. The van der Waals surface area contributed by atoms with Gasteiger partial charge in [0.2, 0.25) is 0 Å². The van der Waals surface area contributed by atoms with E-state index in [1.807, 2.05) is 0 Å². The van der Waals surface area contributed by atoms with E-state index in [0.29, 0.717) is 10.6 Å². The average molecular weight is 302 g/mol. The second kappa shape index (κ2) is 6.53. The van der Waals surface area contributed by atoms with E-state index in [1.54, 1.807) is 20.8 Å². The van der Waals surface area contributed by atoms with Crippen LogP contribution in [0.15, 0.2) is 18.2 Å². The summed E-state index contributed by atoms with van der Waals surface area (Å²) in [5, 5.41) is 11.0. The Morgan fingerprint density at radius 3 is 2.65 bits per heavy atom. The predicted octanol–water partition coefficient (Wildman–Crippen LogP) is 2.78. The van der Waals surface area contributed by atoms with Crippen molar-refractivity contribution in [3.05, 3.63) is 38.9 Å². The summed E-state index contributed by atoms with van der Waals surface area (Å²) < 4.78 is 5.01. The quantitative estimate of drug-likeness (QED) is 0.659. The molecule has 0 saturated carbocycles. The van der Waals surface area contributed by atoms with Crippen molar-refractivity contribution in [2.24, 2.45) is 0 Å².